The molecular formula is C41H51N7O5. The van der Waals surface area contributed by atoms with Gasteiger partial charge in [-0.1, -0.05) is 18.6 Å². The number of piperazine rings is 1. The van der Waals surface area contributed by atoms with Crippen LogP contribution in [0.1, 0.15) is 70.6 Å². The molecule has 2 aliphatic heterocycles. The van der Waals surface area contributed by atoms with E-state index in [1.165, 1.54) is 26.4 Å². The lowest BCUT2D eigenvalue weighted by atomic mass is 10.1. The van der Waals surface area contributed by atoms with Gasteiger partial charge in [-0.05, 0) is 107 Å². The monoisotopic (exact) mass is 721 g/mol. The van der Waals surface area contributed by atoms with E-state index in [0.717, 1.165) is 81.3 Å². The summed E-state index contributed by atoms with van der Waals surface area (Å²) in [6.07, 6.45) is 5.88. The topological polar surface area (TPSA) is 123 Å². The van der Waals surface area contributed by atoms with Gasteiger partial charge in [0.2, 0.25) is 0 Å². The molecule has 1 aromatic heterocycles. The lowest BCUT2D eigenvalue weighted by Crippen LogP contribution is -2.44. The molecule has 0 bridgehead atoms. The predicted molar refractivity (Wildman–Crippen MR) is 208 cm³/mol. The molecule has 0 radical (unpaired) electrons. The van der Waals surface area contributed by atoms with Crippen molar-refractivity contribution >= 4 is 40.2 Å². The van der Waals surface area contributed by atoms with Crippen LogP contribution in [0.3, 0.4) is 0 Å². The molecule has 0 saturated carbocycles. The van der Waals surface area contributed by atoms with Crippen LogP contribution < -0.4 is 19.7 Å². The maximum Gasteiger partial charge on any atom is 0.259 e. The number of benzene rings is 3. The van der Waals surface area contributed by atoms with Gasteiger partial charge in [-0.2, -0.15) is 0 Å². The summed E-state index contributed by atoms with van der Waals surface area (Å²) >= 11 is 0. The van der Waals surface area contributed by atoms with E-state index in [0.29, 0.717) is 46.8 Å². The Labute approximate surface area is 311 Å². The van der Waals surface area contributed by atoms with Crippen LogP contribution in [0.5, 0.6) is 11.5 Å². The van der Waals surface area contributed by atoms with Crippen molar-refractivity contribution in [3.8, 4) is 11.5 Å². The number of fused-ring (bicyclic) bond motifs is 1. The molecule has 4 aromatic rings. The Bertz CT molecular complexity index is 1960. The van der Waals surface area contributed by atoms with E-state index in [2.05, 4.69) is 38.0 Å². The molecule has 2 saturated heterocycles. The Morgan fingerprint density at radius 1 is 0.962 bits per heavy atom. The van der Waals surface area contributed by atoms with E-state index in [1.54, 1.807) is 30.1 Å². The molecule has 0 aliphatic carbocycles. The molecule has 12 heteroatoms. The molecule has 53 heavy (non-hydrogen) atoms. The lowest BCUT2D eigenvalue weighted by Gasteiger charge is -2.34. The Balaban J connectivity index is 1.09. The number of para-hydroxylation sites is 1. The van der Waals surface area contributed by atoms with Crippen LogP contribution in [0.25, 0.3) is 11.0 Å². The standard InChI is InChI=1S/C41H51N7O5/c1-29-14-17-35(37(25-29)53-24-9-6-11-31(28-49)48-22-20-45(2)21-23-48)46(3)41(51)30-15-16-32(36(26-30)52-4)40(50)43-34-13-10-12-33-39(34)44-38(42-33)27-47-18-7-5-8-19-47/h10,12-17,25-26H,5-9,11,18-24,27H2,1-4H3,(H,42,44)(H,43,50). The van der Waals surface area contributed by atoms with Gasteiger partial charge >= 0.3 is 0 Å². The number of hydrogen-bond acceptors (Lipinski definition) is 9. The van der Waals surface area contributed by atoms with Crippen molar-refractivity contribution < 1.29 is 23.9 Å². The van der Waals surface area contributed by atoms with Crippen LogP contribution in [-0.4, -0.2) is 110 Å². The van der Waals surface area contributed by atoms with Crippen molar-refractivity contribution in [2.75, 3.05) is 77.3 Å². The normalized spacial score (nSPS) is 15.2. The molecule has 3 heterocycles. The molecule has 0 spiro atoms. The average molecular weight is 722 g/mol. The smallest absolute Gasteiger partial charge is 0.259 e. The van der Waals surface area contributed by atoms with Crippen LogP contribution in [0.2, 0.25) is 0 Å². The second-order valence-corrected chi connectivity index (χ2v) is 14.1. The first-order valence-electron chi connectivity index (χ1n) is 18.6. The number of likely N-dealkylation sites (tertiary alicyclic amines) is 1. The molecule has 2 fully saturated rings. The van der Waals surface area contributed by atoms with E-state index in [-0.39, 0.29) is 17.6 Å². The number of allylic oxidation sites excluding steroid dienone is 1. The third-order valence-corrected chi connectivity index (χ3v) is 10.2. The summed E-state index contributed by atoms with van der Waals surface area (Å²) in [4.78, 5) is 55.6. The van der Waals surface area contributed by atoms with Gasteiger partial charge in [0, 0.05) is 38.8 Å². The fraction of sp³-hybridized carbons (Fsp3) is 0.439. The number of rotatable bonds is 14. The van der Waals surface area contributed by atoms with Crippen LogP contribution in [-0.2, 0) is 11.3 Å². The van der Waals surface area contributed by atoms with Crippen molar-refractivity contribution in [3.63, 3.8) is 0 Å². The number of nitrogens with zero attached hydrogens (tertiary/aromatic N) is 5. The number of carbonyl (C=O) groups is 2. The Morgan fingerprint density at radius 2 is 1.75 bits per heavy atom. The number of hydrogen-bond donors (Lipinski definition) is 2. The third kappa shape index (κ3) is 9.26. The van der Waals surface area contributed by atoms with Crippen molar-refractivity contribution in [2.45, 2.75) is 52.0 Å². The number of piperidine rings is 1. The number of aryl methyl sites for hydroxylation is 1. The number of H-pyrrole nitrogens is 1. The second-order valence-electron chi connectivity index (χ2n) is 14.1. The van der Waals surface area contributed by atoms with E-state index in [1.807, 2.05) is 43.3 Å². The van der Waals surface area contributed by atoms with Gasteiger partial charge < -0.3 is 34.5 Å². The molecule has 12 nitrogen and oxygen atoms in total. The van der Waals surface area contributed by atoms with Crippen LogP contribution >= 0.6 is 0 Å². The largest absolute Gasteiger partial charge is 0.496 e. The number of imidazole rings is 1. The zero-order chi connectivity index (χ0) is 37.3. The fourth-order valence-corrected chi connectivity index (χ4v) is 7.03. The molecule has 3 aromatic carbocycles. The first-order valence-corrected chi connectivity index (χ1v) is 18.6. The van der Waals surface area contributed by atoms with Crippen LogP contribution in [0.15, 0.2) is 60.3 Å². The van der Waals surface area contributed by atoms with Crippen molar-refractivity contribution in [3.05, 3.63) is 82.8 Å². The SMILES string of the molecule is COc1cc(C(=O)N(C)c2ccc(C)cc2OCCCCC(=C=O)N2CCN(C)CC2)ccc1C(=O)Nc1cccc2[nH]c(CN3CCCCC3)nc12. The fourth-order valence-electron chi connectivity index (χ4n) is 7.03. The minimum absolute atomic E-state index is 0.278. The Morgan fingerprint density at radius 3 is 2.51 bits per heavy atom. The Kier molecular flexibility index (Phi) is 12.5. The van der Waals surface area contributed by atoms with Gasteiger partial charge in [0.25, 0.3) is 11.8 Å². The van der Waals surface area contributed by atoms with Gasteiger partial charge in [0.05, 0.1) is 48.4 Å². The average Bonchev–Trinajstić information content (AvgIpc) is 3.59. The highest BCUT2D eigenvalue weighted by Crippen LogP contribution is 2.32. The zero-order valence-electron chi connectivity index (χ0n) is 31.4. The number of methoxy groups -OCH3 is 1. The highest BCUT2D eigenvalue weighted by atomic mass is 16.5. The molecule has 0 unspecified atom stereocenters. The number of amides is 2. The maximum absolute atomic E-state index is 13.8. The van der Waals surface area contributed by atoms with Gasteiger partial charge in [-0.25, -0.2) is 9.78 Å². The summed E-state index contributed by atoms with van der Waals surface area (Å²) in [7, 11) is 5.28. The predicted octanol–water partition coefficient (Wildman–Crippen LogP) is 5.91. The third-order valence-electron chi connectivity index (χ3n) is 10.2. The van der Waals surface area contributed by atoms with Gasteiger partial charge in [-0.15, -0.1) is 0 Å². The number of ether oxygens (including phenoxy) is 2. The number of anilines is 2. The maximum atomic E-state index is 13.8. The number of likely N-dealkylation sites (N-methyl/N-ethyl adjacent to an activating group) is 1. The Hall–Kier alpha value is -5.16. The molecule has 2 amide bonds. The minimum atomic E-state index is -0.365. The summed E-state index contributed by atoms with van der Waals surface area (Å²) in [6.45, 7) is 8.85. The van der Waals surface area contributed by atoms with E-state index < -0.39 is 0 Å². The molecule has 2 N–H and O–H groups in total. The van der Waals surface area contributed by atoms with Crippen LogP contribution in [0.4, 0.5) is 11.4 Å². The van der Waals surface area contributed by atoms with E-state index >= 15 is 0 Å². The quantitative estimate of drug-likeness (QED) is 0.121. The number of aromatic nitrogens is 2. The highest BCUT2D eigenvalue weighted by molar-refractivity contribution is 6.11. The molecule has 280 valence electrons. The van der Waals surface area contributed by atoms with E-state index in [4.69, 9.17) is 14.5 Å². The zero-order valence-corrected chi connectivity index (χ0v) is 31.4. The first-order chi connectivity index (χ1) is 25.7. The van der Waals surface area contributed by atoms with Crippen molar-refractivity contribution in [2.24, 2.45) is 0 Å². The lowest BCUT2D eigenvalue weighted by molar-refractivity contribution is 0.0987. The summed E-state index contributed by atoms with van der Waals surface area (Å²) in [5, 5.41) is 3.01. The minimum Gasteiger partial charge on any atom is -0.496 e. The number of carbonyl (C=O) groups excluding carboxylic acids is 3. The molecule has 6 rings (SSSR count). The van der Waals surface area contributed by atoms with Gasteiger partial charge in [0.15, 0.2) is 0 Å². The van der Waals surface area contributed by atoms with Crippen molar-refractivity contribution in [1.29, 1.82) is 0 Å². The molecule has 0 atom stereocenters. The molecular weight excluding hydrogens is 670 g/mol. The molecule has 2 aliphatic rings. The summed E-state index contributed by atoms with van der Waals surface area (Å²) in [5.41, 5.74) is 5.17. The summed E-state index contributed by atoms with van der Waals surface area (Å²) in [5.74, 6) is 3.26. The highest BCUT2D eigenvalue weighted by Gasteiger charge is 2.23. The second kappa shape index (κ2) is 17.6. The first kappa shape index (κ1) is 37.6. The van der Waals surface area contributed by atoms with Crippen molar-refractivity contribution in [1.82, 2.24) is 24.7 Å². The summed E-state index contributed by atoms with van der Waals surface area (Å²) < 4.78 is 11.8. The van der Waals surface area contributed by atoms with Gasteiger partial charge in [0.1, 0.15) is 28.8 Å². The number of aromatic amines is 1. The van der Waals surface area contributed by atoms with E-state index in [9.17, 15) is 14.4 Å². The van der Waals surface area contributed by atoms with Crippen LogP contribution in [0, 0.1) is 6.92 Å². The summed E-state index contributed by atoms with van der Waals surface area (Å²) in [6, 6.07) is 16.2. The number of unbranched alkanes of at least 4 members (excludes halogenated alkanes) is 1. The van der Waals surface area contributed by atoms with Gasteiger partial charge in [-0.3, -0.25) is 14.5 Å². The number of nitrogens with one attached hydrogen (secondary N) is 2.